The first-order valence-corrected chi connectivity index (χ1v) is 10.7. The number of carbonyl (C=O) groups is 2. The molecule has 4 rings (SSSR count). The van der Waals surface area contributed by atoms with Crippen LogP contribution in [0.4, 0.5) is 10.2 Å². The highest BCUT2D eigenvalue weighted by atomic mass is 19.1. The number of aryl methyl sites for hydroxylation is 1. The van der Waals surface area contributed by atoms with E-state index in [1.54, 1.807) is 12.3 Å². The Morgan fingerprint density at radius 1 is 1.18 bits per heavy atom. The minimum Gasteiger partial charge on any atom is -0.345 e. The highest BCUT2D eigenvalue weighted by molar-refractivity contribution is 5.94. The molecule has 2 heterocycles. The van der Waals surface area contributed by atoms with E-state index in [-0.39, 0.29) is 23.6 Å². The molecule has 33 heavy (non-hydrogen) atoms. The van der Waals surface area contributed by atoms with Crippen molar-refractivity contribution in [1.29, 1.82) is 0 Å². The Bertz CT molecular complexity index is 1200. The summed E-state index contributed by atoms with van der Waals surface area (Å²) < 4.78 is 18.3. The Morgan fingerprint density at radius 3 is 2.55 bits per heavy atom. The number of nitrogens with one attached hydrogen (secondary N) is 2. The van der Waals surface area contributed by atoms with Gasteiger partial charge in [0.2, 0.25) is 11.8 Å². The number of carbonyl (C=O) groups excluding carboxylic acids is 2. The summed E-state index contributed by atoms with van der Waals surface area (Å²) in [5.74, 6) is -0.516. The van der Waals surface area contributed by atoms with Crippen LogP contribution in [-0.2, 0) is 16.8 Å². The summed E-state index contributed by atoms with van der Waals surface area (Å²) in [7, 11) is 0. The number of anilines is 1. The molecule has 1 aromatic carbocycles. The second kappa shape index (κ2) is 8.73. The molecule has 0 saturated heterocycles. The zero-order valence-corrected chi connectivity index (χ0v) is 19.0. The average Bonchev–Trinajstić information content (AvgIpc) is 3.28. The lowest BCUT2D eigenvalue weighted by atomic mass is 9.97. The quantitative estimate of drug-likeness (QED) is 0.587. The third kappa shape index (κ3) is 5.24. The SMILES string of the molecule is Cc1cc(-c2ccnc(NC(=O)[C@H]3C[C@@H]3F)c2)ccc1CNC(=O)c1noc(C(C)(C)C)n1. The predicted octanol–water partition coefficient (Wildman–Crippen LogP) is 3.96. The summed E-state index contributed by atoms with van der Waals surface area (Å²) in [6, 6.07) is 9.45. The van der Waals surface area contributed by atoms with E-state index in [1.165, 1.54) is 0 Å². The highest BCUT2D eigenvalue weighted by Crippen LogP contribution is 2.34. The number of alkyl halides is 1. The Kier molecular flexibility index (Phi) is 5.97. The van der Waals surface area contributed by atoms with Gasteiger partial charge in [0.15, 0.2) is 0 Å². The van der Waals surface area contributed by atoms with Gasteiger partial charge in [0.25, 0.3) is 11.7 Å². The lowest BCUT2D eigenvalue weighted by Gasteiger charge is -2.11. The van der Waals surface area contributed by atoms with Crippen molar-refractivity contribution in [1.82, 2.24) is 20.4 Å². The molecule has 2 amide bonds. The van der Waals surface area contributed by atoms with Gasteiger partial charge in [-0.25, -0.2) is 9.37 Å². The second-order valence-electron chi connectivity index (χ2n) is 9.27. The number of hydrogen-bond donors (Lipinski definition) is 2. The normalized spacial score (nSPS) is 17.5. The van der Waals surface area contributed by atoms with Gasteiger partial charge in [-0.1, -0.05) is 44.1 Å². The van der Waals surface area contributed by atoms with Crippen molar-refractivity contribution < 1.29 is 18.5 Å². The fourth-order valence-corrected chi connectivity index (χ4v) is 3.28. The zero-order chi connectivity index (χ0) is 23.8. The molecule has 0 radical (unpaired) electrons. The van der Waals surface area contributed by atoms with E-state index in [2.05, 4.69) is 25.8 Å². The molecule has 1 fully saturated rings. The topological polar surface area (TPSA) is 110 Å². The molecular weight excluding hydrogens is 425 g/mol. The van der Waals surface area contributed by atoms with Gasteiger partial charge < -0.3 is 15.2 Å². The van der Waals surface area contributed by atoms with E-state index in [0.29, 0.717) is 18.3 Å². The van der Waals surface area contributed by atoms with E-state index in [9.17, 15) is 14.0 Å². The van der Waals surface area contributed by atoms with Gasteiger partial charge in [0.1, 0.15) is 12.0 Å². The number of rotatable bonds is 6. The summed E-state index contributed by atoms with van der Waals surface area (Å²) in [5.41, 5.74) is 3.39. The summed E-state index contributed by atoms with van der Waals surface area (Å²) in [6.07, 6.45) is 0.822. The number of benzene rings is 1. The lowest BCUT2D eigenvalue weighted by molar-refractivity contribution is -0.117. The van der Waals surface area contributed by atoms with Crippen LogP contribution in [0.3, 0.4) is 0 Å². The molecule has 1 saturated carbocycles. The van der Waals surface area contributed by atoms with Crippen LogP contribution in [0.2, 0.25) is 0 Å². The van der Waals surface area contributed by atoms with Gasteiger partial charge in [-0.15, -0.1) is 0 Å². The molecular formula is C24H26FN5O3. The van der Waals surface area contributed by atoms with E-state index >= 15 is 0 Å². The first-order chi connectivity index (χ1) is 15.6. The molecule has 0 bridgehead atoms. The van der Waals surface area contributed by atoms with E-state index in [4.69, 9.17) is 4.52 Å². The summed E-state index contributed by atoms with van der Waals surface area (Å²) in [6.45, 7) is 8.06. The first-order valence-electron chi connectivity index (χ1n) is 10.7. The van der Waals surface area contributed by atoms with Gasteiger partial charge in [0, 0.05) is 18.2 Å². The van der Waals surface area contributed by atoms with Crippen molar-refractivity contribution in [2.45, 2.75) is 52.2 Å². The third-order valence-corrected chi connectivity index (χ3v) is 5.45. The monoisotopic (exact) mass is 451 g/mol. The van der Waals surface area contributed by atoms with Crippen LogP contribution >= 0.6 is 0 Å². The molecule has 8 nitrogen and oxygen atoms in total. The fraction of sp³-hybridized carbons (Fsp3) is 0.375. The maximum Gasteiger partial charge on any atom is 0.292 e. The molecule has 2 aromatic heterocycles. The Labute approximate surface area is 191 Å². The van der Waals surface area contributed by atoms with Crippen LogP contribution in [0.5, 0.6) is 0 Å². The van der Waals surface area contributed by atoms with Gasteiger partial charge in [-0.05, 0) is 47.7 Å². The largest absolute Gasteiger partial charge is 0.345 e. The minimum absolute atomic E-state index is 0.00541. The van der Waals surface area contributed by atoms with Crippen molar-refractivity contribution >= 4 is 17.6 Å². The van der Waals surface area contributed by atoms with Crippen molar-refractivity contribution in [2.75, 3.05) is 5.32 Å². The van der Waals surface area contributed by atoms with Gasteiger partial charge in [-0.3, -0.25) is 9.59 Å². The molecule has 1 aliphatic rings. The van der Waals surface area contributed by atoms with E-state index in [1.807, 2.05) is 52.0 Å². The first kappa shape index (κ1) is 22.6. The van der Waals surface area contributed by atoms with Crippen LogP contribution < -0.4 is 10.6 Å². The summed E-state index contributed by atoms with van der Waals surface area (Å²) in [4.78, 5) is 32.7. The maximum atomic E-state index is 13.1. The second-order valence-corrected chi connectivity index (χ2v) is 9.27. The smallest absolute Gasteiger partial charge is 0.292 e. The third-order valence-electron chi connectivity index (χ3n) is 5.45. The van der Waals surface area contributed by atoms with Crippen LogP contribution in [-0.4, -0.2) is 33.1 Å². The van der Waals surface area contributed by atoms with Crippen molar-refractivity contribution in [3.05, 3.63) is 59.4 Å². The Balaban J connectivity index is 1.41. The number of amides is 2. The predicted molar refractivity (Wildman–Crippen MR) is 120 cm³/mol. The van der Waals surface area contributed by atoms with Crippen LogP contribution in [0, 0.1) is 12.8 Å². The number of nitrogens with zero attached hydrogens (tertiary/aromatic N) is 3. The zero-order valence-electron chi connectivity index (χ0n) is 19.0. The van der Waals surface area contributed by atoms with Gasteiger partial charge in [-0.2, -0.15) is 4.98 Å². The summed E-state index contributed by atoms with van der Waals surface area (Å²) in [5, 5.41) is 9.26. The van der Waals surface area contributed by atoms with Crippen molar-refractivity contribution in [3.8, 4) is 11.1 Å². The van der Waals surface area contributed by atoms with E-state index in [0.717, 1.165) is 22.3 Å². The molecule has 3 aromatic rings. The van der Waals surface area contributed by atoms with Crippen LogP contribution in [0.25, 0.3) is 11.1 Å². The molecule has 172 valence electrons. The van der Waals surface area contributed by atoms with Crippen LogP contribution in [0.15, 0.2) is 41.1 Å². The van der Waals surface area contributed by atoms with Crippen molar-refractivity contribution in [2.24, 2.45) is 5.92 Å². The fourth-order valence-electron chi connectivity index (χ4n) is 3.28. The number of aromatic nitrogens is 3. The van der Waals surface area contributed by atoms with Gasteiger partial charge in [0.05, 0.1) is 5.92 Å². The maximum absolute atomic E-state index is 13.1. The Morgan fingerprint density at radius 2 is 1.91 bits per heavy atom. The minimum atomic E-state index is -1.05. The molecule has 2 atom stereocenters. The van der Waals surface area contributed by atoms with Crippen molar-refractivity contribution in [3.63, 3.8) is 0 Å². The molecule has 0 unspecified atom stereocenters. The standard InChI is InChI=1S/C24H26FN5O3/c1-13-9-14(15-7-8-26-19(10-15)28-21(31)17-11-18(17)25)5-6-16(13)12-27-22(32)20-29-23(33-30-20)24(2,3)4/h5-10,17-18H,11-12H2,1-4H3,(H,27,32)(H,26,28,31)/t17-,18-/m0/s1. The molecule has 0 aliphatic heterocycles. The van der Waals surface area contributed by atoms with Crippen LogP contribution in [0.1, 0.15) is 54.8 Å². The summed E-state index contributed by atoms with van der Waals surface area (Å²) >= 11 is 0. The molecule has 2 N–H and O–H groups in total. The lowest BCUT2D eigenvalue weighted by Crippen LogP contribution is -2.24. The average molecular weight is 452 g/mol. The number of halogens is 1. The Hall–Kier alpha value is -3.62. The molecule has 1 aliphatic carbocycles. The molecule has 9 heteroatoms. The number of pyridine rings is 1. The van der Waals surface area contributed by atoms with Gasteiger partial charge >= 0.3 is 0 Å². The number of hydrogen-bond acceptors (Lipinski definition) is 6. The molecule has 0 spiro atoms. The highest BCUT2D eigenvalue weighted by Gasteiger charge is 2.43. The van der Waals surface area contributed by atoms with E-state index < -0.39 is 18.0 Å².